The first-order chi connectivity index (χ1) is 11.1. The van der Waals surface area contributed by atoms with Crippen molar-refractivity contribution in [3.63, 3.8) is 0 Å². The van der Waals surface area contributed by atoms with Gasteiger partial charge in [-0.3, -0.25) is 4.79 Å². The average molecular weight is 315 g/mol. The number of likely N-dealkylation sites (tertiary alicyclic amines) is 1. The van der Waals surface area contributed by atoms with Crippen molar-refractivity contribution in [2.24, 2.45) is 5.92 Å². The molecule has 0 aromatic heterocycles. The third-order valence-electron chi connectivity index (χ3n) is 6.66. The molecule has 2 bridgehead atoms. The summed E-state index contributed by atoms with van der Waals surface area (Å²) in [5, 5.41) is 10.6. The van der Waals surface area contributed by atoms with E-state index in [1.54, 1.807) is 7.11 Å². The van der Waals surface area contributed by atoms with Crippen molar-refractivity contribution in [1.82, 2.24) is 4.90 Å². The number of nitrogens with zero attached hydrogens (tertiary/aromatic N) is 1. The van der Waals surface area contributed by atoms with E-state index in [9.17, 15) is 9.90 Å². The molecule has 0 radical (unpaired) electrons. The topological polar surface area (TPSA) is 59.0 Å². The lowest BCUT2D eigenvalue weighted by Crippen LogP contribution is -2.67. The van der Waals surface area contributed by atoms with Crippen LogP contribution in [0.4, 0.5) is 0 Å². The summed E-state index contributed by atoms with van der Waals surface area (Å²) in [4.78, 5) is 14.6. The Balaban J connectivity index is 1.82. The summed E-state index contributed by atoms with van der Waals surface area (Å²) in [6.45, 7) is 0. The van der Waals surface area contributed by atoms with Crippen LogP contribution in [0.25, 0.3) is 0 Å². The van der Waals surface area contributed by atoms with E-state index in [2.05, 4.69) is 6.07 Å². The summed E-state index contributed by atoms with van der Waals surface area (Å²) < 4.78 is 11.7. The summed E-state index contributed by atoms with van der Waals surface area (Å²) in [6.07, 6.45) is 2.13. The highest BCUT2D eigenvalue weighted by Crippen LogP contribution is 2.63. The number of carbonyl (C=O) groups excluding carboxylic acids is 1. The highest BCUT2D eigenvalue weighted by atomic mass is 16.5. The van der Waals surface area contributed by atoms with Gasteiger partial charge in [-0.2, -0.15) is 0 Å². The van der Waals surface area contributed by atoms with Crippen molar-refractivity contribution >= 4 is 5.91 Å². The van der Waals surface area contributed by atoms with Gasteiger partial charge in [0.25, 0.3) is 0 Å². The zero-order valence-electron chi connectivity index (χ0n) is 13.4. The normalized spacial score (nSPS) is 39.8. The standard InChI is InChI=1S/C18H21NO4/c1-19-11-7-9-3-6-13(22-2)16-15(9)18(8-14(19)21)10(11)4-5-12(20)17(18)23-16/h3,6,10-12,17,20H,4-5,7-8H2,1-2H3/t10-,11+,12+,17-,18-/m0/s1. The maximum absolute atomic E-state index is 12.7. The number of carbonyl (C=O) groups is 1. The van der Waals surface area contributed by atoms with Crippen LogP contribution in [-0.2, 0) is 16.6 Å². The van der Waals surface area contributed by atoms with Gasteiger partial charge in [-0.05, 0) is 36.8 Å². The van der Waals surface area contributed by atoms with Gasteiger partial charge in [-0.25, -0.2) is 0 Å². The first-order valence-electron chi connectivity index (χ1n) is 8.38. The van der Waals surface area contributed by atoms with Gasteiger partial charge in [-0.15, -0.1) is 0 Å². The van der Waals surface area contributed by atoms with Crippen molar-refractivity contribution in [3.8, 4) is 11.5 Å². The van der Waals surface area contributed by atoms with Gasteiger partial charge < -0.3 is 19.5 Å². The molecule has 1 N–H and O–H groups in total. The summed E-state index contributed by atoms with van der Waals surface area (Å²) in [5.74, 6) is 2.00. The number of rotatable bonds is 1. The van der Waals surface area contributed by atoms with Crippen LogP contribution >= 0.6 is 0 Å². The van der Waals surface area contributed by atoms with Crippen LogP contribution in [-0.4, -0.2) is 48.3 Å². The molecule has 0 unspecified atom stereocenters. The molecule has 5 atom stereocenters. The zero-order valence-corrected chi connectivity index (χ0v) is 13.4. The molecule has 1 aromatic rings. The zero-order chi connectivity index (χ0) is 15.9. The molecule has 1 spiro atoms. The van der Waals surface area contributed by atoms with Crippen LogP contribution < -0.4 is 9.47 Å². The van der Waals surface area contributed by atoms with E-state index in [0.717, 1.165) is 30.6 Å². The number of piperidine rings is 1. The van der Waals surface area contributed by atoms with Crippen molar-refractivity contribution in [2.45, 2.75) is 49.3 Å². The molecule has 1 amide bonds. The Bertz CT molecular complexity index is 717. The fraction of sp³-hybridized carbons (Fsp3) is 0.611. The second kappa shape index (κ2) is 4.20. The van der Waals surface area contributed by atoms with Gasteiger partial charge in [0, 0.05) is 25.1 Å². The lowest BCUT2D eigenvalue weighted by molar-refractivity contribution is -0.153. The molecular weight excluding hydrogens is 294 g/mol. The second-order valence-electron chi connectivity index (χ2n) is 7.41. The van der Waals surface area contributed by atoms with Crippen molar-refractivity contribution in [2.75, 3.05) is 14.2 Å². The van der Waals surface area contributed by atoms with Crippen LogP contribution in [0.15, 0.2) is 12.1 Å². The Labute approximate surface area is 135 Å². The van der Waals surface area contributed by atoms with Gasteiger partial charge in [0.1, 0.15) is 6.10 Å². The minimum absolute atomic E-state index is 0.162. The largest absolute Gasteiger partial charge is 0.493 e. The second-order valence-corrected chi connectivity index (χ2v) is 7.41. The Hall–Kier alpha value is -1.75. The lowest BCUT2D eigenvalue weighted by Gasteiger charge is -2.57. The Kier molecular flexibility index (Phi) is 2.50. The summed E-state index contributed by atoms with van der Waals surface area (Å²) in [7, 11) is 3.56. The van der Waals surface area contributed by atoms with Crippen molar-refractivity contribution < 1.29 is 19.4 Å². The van der Waals surface area contributed by atoms with Crippen LogP contribution in [0.5, 0.6) is 11.5 Å². The first kappa shape index (κ1) is 13.7. The van der Waals surface area contributed by atoms with E-state index in [0.29, 0.717) is 18.1 Å². The molecule has 2 aliphatic heterocycles. The highest BCUT2D eigenvalue weighted by Gasteiger charge is 2.67. The fourth-order valence-electron chi connectivity index (χ4n) is 5.70. The van der Waals surface area contributed by atoms with Crippen LogP contribution in [0, 0.1) is 5.92 Å². The third kappa shape index (κ3) is 1.41. The number of amides is 1. The van der Waals surface area contributed by atoms with E-state index in [1.165, 1.54) is 5.56 Å². The quantitative estimate of drug-likeness (QED) is 0.847. The molecule has 122 valence electrons. The maximum atomic E-state index is 12.7. The number of benzene rings is 1. The Morgan fingerprint density at radius 1 is 1.39 bits per heavy atom. The summed E-state index contributed by atoms with van der Waals surface area (Å²) >= 11 is 0. The molecule has 1 aromatic carbocycles. The maximum Gasteiger partial charge on any atom is 0.223 e. The monoisotopic (exact) mass is 315 g/mol. The molecule has 1 saturated heterocycles. The number of aliphatic hydroxyl groups excluding tert-OH is 1. The van der Waals surface area contributed by atoms with Gasteiger partial charge in [0.2, 0.25) is 5.91 Å². The SMILES string of the molecule is COc1ccc2c3c1O[C@H]1[C@H](O)CC[C@H]4[C@@H](C2)N(C)C(=O)C[C@@]341. The number of aliphatic hydroxyl groups is 1. The molecule has 4 aliphatic rings. The minimum atomic E-state index is -0.522. The summed E-state index contributed by atoms with van der Waals surface area (Å²) in [5.41, 5.74) is 2.02. The van der Waals surface area contributed by atoms with Crippen LogP contribution in [0.3, 0.4) is 0 Å². The molecular formula is C18H21NO4. The van der Waals surface area contributed by atoms with E-state index in [-0.39, 0.29) is 23.5 Å². The Morgan fingerprint density at radius 3 is 3.00 bits per heavy atom. The molecule has 2 aliphatic carbocycles. The van der Waals surface area contributed by atoms with Crippen LogP contribution in [0.1, 0.15) is 30.4 Å². The smallest absolute Gasteiger partial charge is 0.223 e. The molecule has 2 heterocycles. The number of hydrogen-bond donors (Lipinski definition) is 1. The van der Waals surface area contributed by atoms with E-state index in [4.69, 9.17) is 9.47 Å². The molecule has 5 nitrogen and oxygen atoms in total. The summed E-state index contributed by atoms with van der Waals surface area (Å²) in [6, 6.07) is 4.27. The van der Waals surface area contributed by atoms with Crippen molar-refractivity contribution in [3.05, 3.63) is 23.3 Å². The van der Waals surface area contributed by atoms with E-state index < -0.39 is 6.10 Å². The molecule has 5 rings (SSSR count). The van der Waals surface area contributed by atoms with Crippen molar-refractivity contribution in [1.29, 1.82) is 0 Å². The van der Waals surface area contributed by atoms with Crippen LogP contribution in [0.2, 0.25) is 0 Å². The average Bonchev–Trinajstić information content (AvgIpc) is 2.89. The number of methoxy groups -OCH3 is 1. The highest BCUT2D eigenvalue weighted by molar-refractivity contribution is 5.82. The van der Waals surface area contributed by atoms with E-state index >= 15 is 0 Å². The third-order valence-corrected chi connectivity index (χ3v) is 6.66. The number of hydrogen-bond acceptors (Lipinski definition) is 4. The van der Waals surface area contributed by atoms with E-state index in [1.807, 2.05) is 18.0 Å². The Morgan fingerprint density at radius 2 is 2.22 bits per heavy atom. The molecule has 23 heavy (non-hydrogen) atoms. The molecule has 1 saturated carbocycles. The first-order valence-corrected chi connectivity index (χ1v) is 8.38. The van der Waals surface area contributed by atoms with Gasteiger partial charge in [-0.1, -0.05) is 6.07 Å². The lowest BCUT2D eigenvalue weighted by atomic mass is 9.51. The minimum Gasteiger partial charge on any atom is -0.493 e. The number of ether oxygens (including phenoxy) is 2. The number of likely N-dealkylation sites (N-methyl/N-ethyl adjacent to an activating group) is 1. The fourth-order valence-corrected chi connectivity index (χ4v) is 5.70. The van der Waals surface area contributed by atoms with Gasteiger partial charge in [0.15, 0.2) is 11.5 Å². The predicted octanol–water partition coefficient (Wildman–Crippen LogP) is 1.25. The predicted molar refractivity (Wildman–Crippen MR) is 82.7 cm³/mol. The van der Waals surface area contributed by atoms with Gasteiger partial charge in [0.05, 0.1) is 18.6 Å². The van der Waals surface area contributed by atoms with Gasteiger partial charge >= 0.3 is 0 Å². The molecule has 5 heteroatoms. The molecule has 2 fully saturated rings.